The lowest BCUT2D eigenvalue weighted by atomic mass is 10.0. The minimum absolute atomic E-state index is 0.00731. The van der Waals surface area contributed by atoms with Crippen LogP contribution >= 0.6 is 11.9 Å². The van der Waals surface area contributed by atoms with E-state index in [0.29, 0.717) is 53.7 Å². The average Bonchev–Trinajstić information content (AvgIpc) is 3.82. The van der Waals surface area contributed by atoms with Gasteiger partial charge in [-0.15, -0.1) is 0 Å². The maximum Gasteiger partial charge on any atom is 0.305 e. The summed E-state index contributed by atoms with van der Waals surface area (Å²) in [4.78, 5) is 49.1. The number of rotatable bonds is 14. The summed E-state index contributed by atoms with van der Waals surface area (Å²) in [7, 11) is 2.88. The highest BCUT2D eigenvalue weighted by atomic mass is 32.2. The smallest absolute Gasteiger partial charge is 0.305 e. The molecule has 0 saturated heterocycles. The monoisotopic (exact) mass is 628 g/mol. The fourth-order valence-electron chi connectivity index (χ4n) is 4.64. The summed E-state index contributed by atoms with van der Waals surface area (Å²) in [6.07, 6.45) is 5.35. The molecule has 4 rings (SSSR count). The van der Waals surface area contributed by atoms with E-state index in [0.717, 1.165) is 24.1 Å². The zero-order valence-electron chi connectivity index (χ0n) is 25.9. The van der Waals surface area contributed by atoms with E-state index in [1.165, 1.54) is 31.2 Å². The van der Waals surface area contributed by atoms with Crippen molar-refractivity contribution in [1.29, 1.82) is 0 Å². The molecule has 12 heteroatoms. The molecular formula is C32H41FN4O6S. The van der Waals surface area contributed by atoms with Crippen molar-refractivity contribution >= 4 is 52.3 Å². The number of esters is 1. The number of methoxy groups -OCH3 is 1. The molecule has 1 fully saturated rings. The maximum absolute atomic E-state index is 13.6. The highest BCUT2D eigenvalue weighted by molar-refractivity contribution is 8.00. The summed E-state index contributed by atoms with van der Waals surface area (Å²) < 4.78 is 26.2. The number of ether oxygens (including phenoxy) is 1. The molecular weight excluding hydrogens is 587 g/mol. The van der Waals surface area contributed by atoms with Gasteiger partial charge in [-0.1, -0.05) is 25.8 Å². The van der Waals surface area contributed by atoms with E-state index >= 15 is 0 Å². The van der Waals surface area contributed by atoms with Gasteiger partial charge in [0.25, 0.3) is 5.91 Å². The number of halogens is 1. The molecule has 3 aromatic rings. The molecule has 1 heterocycles. The normalized spacial score (nSPS) is 12.1. The van der Waals surface area contributed by atoms with E-state index in [4.69, 9.17) is 4.42 Å². The second-order valence-corrected chi connectivity index (χ2v) is 10.8. The van der Waals surface area contributed by atoms with E-state index < -0.39 is 5.82 Å². The highest BCUT2D eigenvalue weighted by Crippen LogP contribution is 2.48. The van der Waals surface area contributed by atoms with E-state index in [9.17, 15) is 23.6 Å². The molecule has 0 unspecified atom stereocenters. The number of nitrogens with zero attached hydrogens (tertiary/aromatic N) is 1. The molecule has 3 amide bonds. The molecule has 0 bridgehead atoms. The van der Waals surface area contributed by atoms with Crippen LogP contribution < -0.4 is 20.3 Å². The first kappa shape index (κ1) is 34.4. The Morgan fingerprint density at radius 3 is 2.36 bits per heavy atom. The van der Waals surface area contributed by atoms with Crippen molar-refractivity contribution in [1.82, 2.24) is 16.0 Å². The number of hydrogen-bond donors (Lipinski definition) is 3. The Bertz CT molecular complexity index is 1460. The minimum atomic E-state index is -0.392. The number of benzene rings is 2. The fraction of sp³-hybridized carbons (Fsp3) is 0.438. The van der Waals surface area contributed by atoms with Crippen LogP contribution in [0.25, 0.3) is 22.3 Å². The van der Waals surface area contributed by atoms with Crippen molar-refractivity contribution < 1.29 is 32.7 Å². The first-order chi connectivity index (χ1) is 21.2. The van der Waals surface area contributed by atoms with Gasteiger partial charge in [0.2, 0.25) is 11.8 Å². The summed E-state index contributed by atoms with van der Waals surface area (Å²) in [5, 5.41) is 8.71. The molecule has 1 aromatic heterocycles. The largest absolute Gasteiger partial charge is 0.469 e. The number of hydrogen-bond acceptors (Lipinski definition) is 8. The molecule has 238 valence electrons. The third-order valence-corrected chi connectivity index (χ3v) is 7.76. The van der Waals surface area contributed by atoms with Crippen LogP contribution in [0, 0.1) is 5.82 Å². The van der Waals surface area contributed by atoms with Gasteiger partial charge in [0.05, 0.1) is 24.9 Å². The topological polar surface area (TPSA) is 130 Å². The Balaban J connectivity index is 0.00000259. The van der Waals surface area contributed by atoms with Crippen LogP contribution in [-0.4, -0.2) is 63.7 Å². The Labute approximate surface area is 261 Å². The molecule has 1 aliphatic rings. The number of unbranched alkanes of at least 4 members (excludes halogenated alkanes) is 1. The van der Waals surface area contributed by atoms with Crippen molar-refractivity contribution in [3.05, 3.63) is 53.3 Å². The third kappa shape index (κ3) is 8.98. The van der Waals surface area contributed by atoms with Crippen LogP contribution in [0.4, 0.5) is 10.1 Å². The van der Waals surface area contributed by atoms with Gasteiger partial charge < -0.3 is 29.4 Å². The van der Waals surface area contributed by atoms with Gasteiger partial charge in [0.1, 0.15) is 23.7 Å². The van der Waals surface area contributed by atoms with Crippen molar-refractivity contribution in [3.8, 4) is 11.3 Å². The van der Waals surface area contributed by atoms with Crippen LogP contribution in [-0.2, 0) is 19.1 Å². The van der Waals surface area contributed by atoms with Gasteiger partial charge in [0, 0.05) is 43.3 Å². The van der Waals surface area contributed by atoms with Gasteiger partial charge in [0.15, 0.2) is 0 Å². The molecule has 0 aliphatic heterocycles. The van der Waals surface area contributed by atoms with Crippen LogP contribution in [0.1, 0.15) is 67.8 Å². The van der Waals surface area contributed by atoms with Crippen molar-refractivity contribution in [2.45, 2.75) is 51.9 Å². The number of furan rings is 1. The highest BCUT2D eigenvalue weighted by Gasteiger charge is 2.31. The molecule has 0 atom stereocenters. The standard InChI is InChI=1S/C30H35FN4O6S.C2H6/c1-32-30(39)28-22-14-21(18-7-8-18)23(15-24(22)41-29(28)19-9-11-20(31)12-10-19)35(42-3)17-26(37)34-16-25(36)33-13-5-4-6-27(38)40-2;1-2/h9-12,14-15,18H,4-8,13,16-17H2,1-3H3,(H,32,39)(H,33,36)(H,34,37);1-2H3. The van der Waals surface area contributed by atoms with Gasteiger partial charge in [-0.25, -0.2) is 4.39 Å². The van der Waals surface area contributed by atoms with Crippen molar-refractivity contribution in [3.63, 3.8) is 0 Å². The molecule has 2 aromatic carbocycles. The van der Waals surface area contributed by atoms with Gasteiger partial charge in [-0.3, -0.25) is 19.2 Å². The molecule has 0 radical (unpaired) electrons. The van der Waals surface area contributed by atoms with Crippen molar-refractivity contribution in [2.24, 2.45) is 0 Å². The zero-order chi connectivity index (χ0) is 32.2. The molecule has 10 nitrogen and oxygen atoms in total. The number of carbonyl (C=O) groups is 4. The number of carbonyl (C=O) groups excluding carboxylic acids is 4. The van der Waals surface area contributed by atoms with Crippen LogP contribution in [0.15, 0.2) is 40.8 Å². The van der Waals surface area contributed by atoms with E-state index in [1.54, 1.807) is 19.2 Å². The Hall–Kier alpha value is -4.06. The van der Waals surface area contributed by atoms with Gasteiger partial charge in [-0.2, -0.15) is 0 Å². The molecule has 44 heavy (non-hydrogen) atoms. The predicted molar refractivity (Wildman–Crippen MR) is 171 cm³/mol. The molecule has 0 spiro atoms. The predicted octanol–water partition coefficient (Wildman–Crippen LogP) is 5.16. The summed E-state index contributed by atoms with van der Waals surface area (Å²) in [5.74, 6) is -1.01. The maximum atomic E-state index is 13.6. The first-order valence-corrected chi connectivity index (χ1v) is 15.9. The van der Waals surface area contributed by atoms with E-state index in [-0.39, 0.29) is 42.7 Å². The van der Waals surface area contributed by atoms with Crippen molar-refractivity contribution in [2.75, 3.05) is 44.4 Å². The average molecular weight is 629 g/mol. The summed E-state index contributed by atoms with van der Waals surface area (Å²) in [6, 6.07) is 9.57. The quantitative estimate of drug-likeness (QED) is 0.127. The zero-order valence-corrected chi connectivity index (χ0v) is 26.7. The first-order valence-electron chi connectivity index (χ1n) is 14.8. The van der Waals surface area contributed by atoms with Gasteiger partial charge >= 0.3 is 5.97 Å². The minimum Gasteiger partial charge on any atom is -0.469 e. The number of amides is 3. The number of fused-ring (bicyclic) bond motifs is 1. The summed E-state index contributed by atoms with van der Waals surface area (Å²) in [5.41, 5.74) is 3.22. The van der Waals surface area contributed by atoms with Crippen LogP contribution in [0.2, 0.25) is 0 Å². The van der Waals surface area contributed by atoms with Crippen LogP contribution in [0.5, 0.6) is 0 Å². The Morgan fingerprint density at radius 2 is 1.75 bits per heavy atom. The molecule has 3 N–H and O–H groups in total. The number of anilines is 1. The third-order valence-electron chi connectivity index (χ3n) is 6.99. The van der Waals surface area contributed by atoms with E-state index in [2.05, 4.69) is 20.7 Å². The lowest BCUT2D eigenvalue weighted by molar-refractivity contribution is -0.140. The van der Waals surface area contributed by atoms with Crippen LogP contribution in [0.3, 0.4) is 0 Å². The Morgan fingerprint density at radius 1 is 1.05 bits per heavy atom. The summed E-state index contributed by atoms with van der Waals surface area (Å²) >= 11 is 1.37. The lowest BCUT2D eigenvalue weighted by Crippen LogP contribution is -2.41. The van der Waals surface area contributed by atoms with Gasteiger partial charge in [-0.05, 0) is 67.5 Å². The second kappa shape index (κ2) is 16.7. The summed E-state index contributed by atoms with van der Waals surface area (Å²) in [6.45, 7) is 4.22. The number of nitrogens with one attached hydrogen (secondary N) is 3. The lowest BCUT2D eigenvalue weighted by Gasteiger charge is -2.24. The fourth-order valence-corrected chi connectivity index (χ4v) is 5.24. The molecule has 1 saturated carbocycles. The SMILES string of the molecule is CC.CNC(=O)c1c(-c2ccc(F)cc2)oc2cc(N(CC(=O)NCC(=O)NCCCCC(=O)OC)SC)c(C3CC3)cc12. The second-order valence-electron chi connectivity index (χ2n) is 9.95. The van der Waals surface area contributed by atoms with E-state index in [1.807, 2.05) is 36.5 Å². The Kier molecular flexibility index (Phi) is 13.1. The molecule has 1 aliphatic carbocycles.